The van der Waals surface area contributed by atoms with Crippen molar-refractivity contribution >= 4 is 11.5 Å². The molecule has 0 radical (unpaired) electrons. The smallest absolute Gasteiger partial charge is 0.382 e. The monoisotopic (exact) mass is 271 g/mol. The Morgan fingerprint density at radius 2 is 2.05 bits per heavy atom. The summed E-state index contributed by atoms with van der Waals surface area (Å²) in [7, 11) is 0. The quantitative estimate of drug-likeness (QED) is 0.564. The highest BCUT2D eigenvalue weighted by Crippen LogP contribution is 2.17. The van der Waals surface area contributed by atoms with Gasteiger partial charge in [-0.15, -0.1) is 4.40 Å². The van der Waals surface area contributed by atoms with E-state index in [1.165, 1.54) is 21.2 Å². The molecule has 3 heterocycles. The Balaban J connectivity index is 2.03. The van der Waals surface area contributed by atoms with Crippen LogP contribution in [0.2, 0.25) is 0 Å². The summed E-state index contributed by atoms with van der Waals surface area (Å²) in [5.41, 5.74) is 0.100. The molecule has 0 aliphatic heterocycles. The lowest BCUT2D eigenvalue weighted by Crippen LogP contribution is -2.31. The lowest BCUT2D eigenvalue weighted by atomic mass is 10.3. The van der Waals surface area contributed by atoms with Crippen LogP contribution in [0.3, 0.4) is 0 Å². The highest BCUT2D eigenvalue weighted by atomic mass is 16.5. The molecule has 0 fully saturated rings. The van der Waals surface area contributed by atoms with E-state index in [1.54, 1.807) is 36.5 Å². The normalized spacial score (nSPS) is 10.8. The number of oxazole rings is 1. The van der Waals surface area contributed by atoms with E-state index in [4.69, 9.17) is 4.42 Å². The second-order valence-corrected chi connectivity index (χ2v) is 4.25. The Hall–Kier alpha value is -2.89. The van der Waals surface area contributed by atoms with E-state index < -0.39 is 11.7 Å². The molecule has 6 heteroatoms. The zero-order valence-corrected chi connectivity index (χ0v) is 10.4. The van der Waals surface area contributed by atoms with Gasteiger partial charge in [-0.2, -0.15) is 0 Å². The van der Waals surface area contributed by atoms with Crippen molar-refractivity contribution in [2.45, 2.75) is 6.54 Å². The molecule has 0 unspecified atom stereocenters. The largest absolute Gasteiger partial charge is 0.476 e. The molecule has 3 rings (SSSR count). The lowest BCUT2D eigenvalue weighted by Gasteiger charge is -2.00. The number of hydrogen-bond acceptors (Lipinski definition) is 4. The van der Waals surface area contributed by atoms with E-state index in [1.807, 2.05) is 0 Å². The molecule has 0 bridgehead atoms. The topological polar surface area (TPSA) is 76.5 Å². The third kappa shape index (κ3) is 1.97. The number of pyridine rings is 2. The standard InChI is InChI=1S/C14H10N2O4/c17-10(9-15-7-3-1-5-11(15)18)13-14(19)20-12-6-2-4-8-16(12)13/h1-8H,9H2/p+1. The minimum atomic E-state index is -0.454. The predicted octanol–water partition coefficient (Wildman–Crippen LogP) is 0.768. The number of aromatic hydroxyl groups is 1. The Morgan fingerprint density at radius 3 is 2.85 bits per heavy atom. The third-order valence-corrected chi connectivity index (χ3v) is 2.94. The summed E-state index contributed by atoms with van der Waals surface area (Å²) < 4.78 is 7.82. The van der Waals surface area contributed by atoms with E-state index in [-0.39, 0.29) is 17.8 Å². The lowest BCUT2D eigenvalue weighted by molar-refractivity contribution is -0.516. The third-order valence-electron chi connectivity index (χ3n) is 2.94. The summed E-state index contributed by atoms with van der Waals surface area (Å²) >= 11 is 0. The molecule has 0 aliphatic rings. The summed E-state index contributed by atoms with van der Waals surface area (Å²) in [5.74, 6) is -0.865. The van der Waals surface area contributed by atoms with Gasteiger partial charge in [0.1, 0.15) is 0 Å². The number of Topliss-reactive ketones (excluding diaryl/α,β-unsaturated/α-hetero) is 1. The van der Waals surface area contributed by atoms with Crippen LogP contribution < -0.4 is 9.96 Å². The molecule has 100 valence electrons. The van der Waals surface area contributed by atoms with Gasteiger partial charge in [-0.05, 0) is 12.1 Å². The molecule has 1 N–H and O–H groups in total. The first-order chi connectivity index (χ1) is 9.66. The Morgan fingerprint density at radius 1 is 1.25 bits per heavy atom. The maximum atomic E-state index is 12.3. The van der Waals surface area contributed by atoms with Crippen LogP contribution in [0.25, 0.3) is 5.71 Å². The van der Waals surface area contributed by atoms with Crippen LogP contribution in [0.4, 0.5) is 0 Å². The van der Waals surface area contributed by atoms with E-state index in [9.17, 15) is 14.7 Å². The number of hydrogen-bond donors (Lipinski definition) is 1. The van der Waals surface area contributed by atoms with Crippen LogP contribution in [-0.4, -0.2) is 15.5 Å². The van der Waals surface area contributed by atoms with Crippen molar-refractivity contribution in [1.29, 1.82) is 0 Å². The highest BCUT2D eigenvalue weighted by Gasteiger charge is 2.29. The molecular formula is C14H11N2O4+. The fourth-order valence-corrected chi connectivity index (χ4v) is 2.02. The molecule has 0 aliphatic carbocycles. The zero-order chi connectivity index (χ0) is 14.1. The Labute approximate surface area is 113 Å². The van der Waals surface area contributed by atoms with Crippen LogP contribution in [0.5, 0.6) is 5.95 Å². The van der Waals surface area contributed by atoms with Crippen molar-refractivity contribution in [3.63, 3.8) is 0 Å². The number of carbonyl (C=O) groups excluding carboxylic acids is 1. The molecule has 0 spiro atoms. The second-order valence-electron chi connectivity index (χ2n) is 4.25. The van der Waals surface area contributed by atoms with Gasteiger partial charge in [0.25, 0.3) is 11.3 Å². The number of fused-ring (bicyclic) bond motifs is 1. The fourth-order valence-electron chi connectivity index (χ4n) is 2.02. The minimum absolute atomic E-state index is 0.0244. The van der Waals surface area contributed by atoms with Crippen molar-refractivity contribution in [2.24, 2.45) is 0 Å². The van der Waals surface area contributed by atoms with E-state index >= 15 is 0 Å². The van der Waals surface area contributed by atoms with Gasteiger partial charge in [-0.1, -0.05) is 6.07 Å². The number of carbonyl (C=O) groups is 1. The average molecular weight is 271 g/mol. The first kappa shape index (κ1) is 12.2. The summed E-state index contributed by atoms with van der Waals surface area (Å²) in [6.45, 7) is -0.163. The van der Waals surface area contributed by atoms with Crippen LogP contribution in [0.15, 0.2) is 58.0 Å². The molecule has 0 saturated carbocycles. The van der Waals surface area contributed by atoms with Crippen molar-refractivity contribution in [1.82, 2.24) is 4.57 Å². The fraction of sp³-hybridized carbons (Fsp3) is 0.0714. The van der Waals surface area contributed by atoms with Gasteiger partial charge in [0.15, 0.2) is 6.20 Å². The van der Waals surface area contributed by atoms with Crippen molar-refractivity contribution in [3.05, 3.63) is 64.8 Å². The Kier molecular flexibility index (Phi) is 2.83. The van der Waals surface area contributed by atoms with E-state index in [0.717, 1.165) is 0 Å². The first-order valence-corrected chi connectivity index (χ1v) is 5.97. The van der Waals surface area contributed by atoms with Crippen LogP contribution in [0.1, 0.15) is 10.5 Å². The van der Waals surface area contributed by atoms with Crippen LogP contribution in [0, 0.1) is 0 Å². The summed E-state index contributed by atoms with van der Waals surface area (Å²) in [4.78, 5) is 23.9. The van der Waals surface area contributed by atoms with Gasteiger partial charge in [-0.3, -0.25) is 9.59 Å². The Bertz CT molecular complexity index is 848. The molecule has 0 amide bonds. The van der Waals surface area contributed by atoms with Gasteiger partial charge >= 0.3 is 17.4 Å². The zero-order valence-electron chi connectivity index (χ0n) is 10.4. The van der Waals surface area contributed by atoms with Crippen molar-refractivity contribution in [3.8, 4) is 5.95 Å². The van der Waals surface area contributed by atoms with Gasteiger partial charge in [0.2, 0.25) is 0 Å². The number of nitrogens with zero attached hydrogens (tertiary/aromatic N) is 2. The molecule has 0 aromatic carbocycles. The van der Waals surface area contributed by atoms with Crippen LogP contribution in [-0.2, 0) is 6.54 Å². The number of ketones is 1. The second kappa shape index (κ2) is 4.65. The molecule has 0 atom stereocenters. The number of aromatic nitrogens is 2. The minimum Gasteiger partial charge on any atom is -0.476 e. The summed E-state index contributed by atoms with van der Waals surface area (Å²) in [6, 6.07) is 9.71. The van der Waals surface area contributed by atoms with Crippen molar-refractivity contribution in [2.75, 3.05) is 0 Å². The molecule has 0 saturated heterocycles. The van der Waals surface area contributed by atoms with Gasteiger partial charge in [-0.25, -0.2) is 0 Å². The molecular weight excluding hydrogens is 260 g/mol. The van der Waals surface area contributed by atoms with Gasteiger partial charge in [0.05, 0.1) is 12.6 Å². The van der Waals surface area contributed by atoms with Crippen LogP contribution >= 0.6 is 0 Å². The van der Waals surface area contributed by atoms with Gasteiger partial charge in [0, 0.05) is 18.3 Å². The first-order valence-electron chi connectivity index (χ1n) is 5.97. The van der Waals surface area contributed by atoms with E-state index in [2.05, 4.69) is 0 Å². The van der Waals surface area contributed by atoms with Crippen molar-refractivity contribution < 1.29 is 18.7 Å². The van der Waals surface area contributed by atoms with Gasteiger partial charge < -0.3 is 14.1 Å². The SMILES string of the molecule is O=C(Cn1ccccc1=O)c1c(O)oc2cccc[n+]12. The molecule has 6 nitrogen and oxygen atoms in total. The maximum absolute atomic E-state index is 12.3. The summed E-state index contributed by atoms with van der Waals surface area (Å²) in [6.07, 6.45) is 3.13. The predicted molar refractivity (Wildman–Crippen MR) is 68.6 cm³/mol. The molecule has 20 heavy (non-hydrogen) atoms. The number of rotatable bonds is 3. The maximum Gasteiger partial charge on any atom is 0.382 e. The average Bonchev–Trinajstić information content (AvgIpc) is 2.77. The highest BCUT2D eigenvalue weighted by molar-refractivity contribution is 5.94. The molecule has 3 aromatic heterocycles. The summed E-state index contributed by atoms with van der Waals surface area (Å²) in [5, 5.41) is 9.76. The molecule has 3 aromatic rings. The van der Waals surface area contributed by atoms with E-state index in [0.29, 0.717) is 5.71 Å².